The summed E-state index contributed by atoms with van der Waals surface area (Å²) in [6.45, 7) is 2.09. The molecule has 2 rings (SSSR count). The largest absolute Gasteiger partial charge is 0.325 e. The SMILES string of the molecule is Cc1cc2cc(NC(=O)CN)ccc2s1. The molecule has 0 atom stereocenters. The number of aryl methyl sites for hydroxylation is 1. The molecule has 0 radical (unpaired) electrons. The molecule has 1 amide bonds. The van der Waals surface area contributed by atoms with Crippen molar-refractivity contribution in [2.45, 2.75) is 6.92 Å². The lowest BCUT2D eigenvalue weighted by Gasteiger charge is -2.02. The Hall–Kier alpha value is -1.39. The number of benzene rings is 1. The second-order valence-electron chi connectivity index (χ2n) is 3.36. The van der Waals surface area contributed by atoms with Crippen LogP contribution in [0.3, 0.4) is 0 Å². The average molecular weight is 220 g/mol. The second-order valence-corrected chi connectivity index (χ2v) is 4.65. The van der Waals surface area contributed by atoms with E-state index in [4.69, 9.17) is 5.73 Å². The molecular formula is C11H12N2OS. The van der Waals surface area contributed by atoms with Gasteiger partial charge in [-0.3, -0.25) is 4.79 Å². The molecule has 0 saturated carbocycles. The summed E-state index contributed by atoms with van der Waals surface area (Å²) >= 11 is 1.75. The van der Waals surface area contributed by atoms with Crippen LogP contribution in [0.5, 0.6) is 0 Å². The lowest BCUT2D eigenvalue weighted by atomic mass is 10.2. The van der Waals surface area contributed by atoms with Gasteiger partial charge in [0.2, 0.25) is 5.91 Å². The lowest BCUT2D eigenvalue weighted by molar-refractivity contribution is -0.114. The van der Waals surface area contributed by atoms with Crippen molar-refractivity contribution in [1.82, 2.24) is 0 Å². The molecule has 4 heteroatoms. The smallest absolute Gasteiger partial charge is 0.238 e. The fraction of sp³-hybridized carbons (Fsp3) is 0.182. The fourth-order valence-corrected chi connectivity index (χ4v) is 2.37. The number of carbonyl (C=O) groups is 1. The van der Waals surface area contributed by atoms with E-state index < -0.39 is 0 Å². The molecule has 0 aliphatic carbocycles. The first-order valence-corrected chi connectivity index (χ1v) is 5.51. The normalized spacial score (nSPS) is 10.5. The molecule has 3 N–H and O–H groups in total. The molecule has 0 aliphatic rings. The Labute approximate surface area is 91.9 Å². The Balaban J connectivity index is 2.33. The van der Waals surface area contributed by atoms with Crippen LogP contribution in [0.1, 0.15) is 4.88 Å². The van der Waals surface area contributed by atoms with Gasteiger partial charge in [0.25, 0.3) is 0 Å². The van der Waals surface area contributed by atoms with E-state index in [0.29, 0.717) is 0 Å². The summed E-state index contributed by atoms with van der Waals surface area (Å²) < 4.78 is 1.23. The Bertz CT molecular complexity index is 504. The zero-order valence-electron chi connectivity index (χ0n) is 8.41. The fourth-order valence-electron chi connectivity index (χ4n) is 1.47. The minimum absolute atomic E-state index is 0.0146. The van der Waals surface area contributed by atoms with Gasteiger partial charge in [0.05, 0.1) is 6.54 Å². The van der Waals surface area contributed by atoms with E-state index in [-0.39, 0.29) is 12.5 Å². The highest BCUT2D eigenvalue weighted by molar-refractivity contribution is 7.19. The molecule has 1 heterocycles. The standard InChI is InChI=1S/C11H12N2OS/c1-7-4-8-5-9(13-11(14)6-12)2-3-10(8)15-7/h2-5H,6,12H2,1H3,(H,13,14). The number of hydrogen-bond donors (Lipinski definition) is 2. The van der Waals surface area contributed by atoms with Crippen molar-refractivity contribution in [3.63, 3.8) is 0 Å². The Morgan fingerprint density at radius 1 is 1.47 bits per heavy atom. The Morgan fingerprint density at radius 3 is 3.00 bits per heavy atom. The van der Waals surface area contributed by atoms with Gasteiger partial charge < -0.3 is 11.1 Å². The molecule has 1 aromatic heterocycles. The van der Waals surface area contributed by atoms with Crippen molar-refractivity contribution in [3.8, 4) is 0 Å². The summed E-state index contributed by atoms with van der Waals surface area (Å²) in [4.78, 5) is 12.4. The second kappa shape index (κ2) is 4.00. The molecule has 0 spiro atoms. The van der Waals surface area contributed by atoms with E-state index in [1.54, 1.807) is 11.3 Å². The third-order valence-corrected chi connectivity index (χ3v) is 3.14. The van der Waals surface area contributed by atoms with Crippen LogP contribution in [-0.4, -0.2) is 12.5 Å². The molecule has 0 unspecified atom stereocenters. The van der Waals surface area contributed by atoms with Crippen LogP contribution < -0.4 is 11.1 Å². The summed E-state index contributed by atoms with van der Waals surface area (Å²) in [6, 6.07) is 7.98. The first kappa shape index (κ1) is 10.1. The molecule has 0 bridgehead atoms. The summed E-state index contributed by atoms with van der Waals surface area (Å²) in [5.41, 5.74) is 6.03. The highest BCUT2D eigenvalue weighted by atomic mass is 32.1. The molecule has 0 fully saturated rings. The van der Waals surface area contributed by atoms with Crippen molar-refractivity contribution < 1.29 is 4.79 Å². The van der Waals surface area contributed by atoms with Crippen LogP contribution >= 0.6 is 11.3 Å². The maximum Gasteiger partial charge on any atom is 0.238 e. The number of anilines is 1. The van der Waals surface area contributed by atoms with Gasteiger partial charge in [0, 0.05) is 15.3 Å². The van der Waals surface area contributed by atoms with Crippen LogP contribution in [0, 0.1) is 6.92 Å². The maximum atomic E-state index is 11.1. The van der Waals surface area contributed by atoms with E-state index in [0.717, 1.165) is 11.1 Å². The number of nitrogens with one attached hydrogen (secondary N) is 1. The van der Waals surface area contributed by atoms with E-state index in [9.17, 15) is 4.79 Å². The molecule has 2 aromatic rings. The van der Waals surface area contributed by atoms with E-state index in [1.165, 1.54) is 9.58 Å². The van der Waals surface area contributed by atoms with Crippen LogP contribution in [-0.2, 0) is 4.79 Å². The van der Waals surface area contributed by atoms with Gasteiger partial charge in [-0.05, 0) is 36.6 Å². The molecule has 0 saturated heterocycles. The molecular weight excluding hydrogens is 208 g/mol. The highest BCUT2D eigenvalue weighted by Crippen LogP contribution is 2.27. The number of thiophene rings is 1. The van der Waals surface area contributed by atoms with Gasteiger partial charge in [0.15, 0.2) is 0 Å². The van der Waals surface area contributed by atoms with Gasteiger partial charge >= 0.3 is 0 Å². The zero-order chi connectivity index (χ0) is 10.8. The zero-order valence-corrected chi connectivity index (χ0v) is 9.23. The monoisotopic (exact) mass is 220 g/mol. The Morgan fingerprint density at radius 2 is 2.27 bits per heavy atom. The Kier molecular flexibility index (Phi) is 2.70. The predicted molar refractivity (Wildman–Crippen MR) is 64.2 cm³/mol. The molecule has 1 aromatic carbocycles. The first-order chi connectivity index (χ1) is 7.19. The van der Waals surface area contributed by atoms with E-state index in [1.807, 2.05) is 18.2 Å². The van der Waals surface area contributed by atoms with Crippen LogP contribution in [0.15, 0.2) is 24.3 Å². The number of hydrogen-bond acceptors (Lipinski definition) is 3. The molecule has 78 valence electrons. The quantitative estimate of drug-likeness (QED) is 0.814. The van der Waals surface area contributed by atoms with Gasteiger partial charge in [-0.1, -0.05) is 0 Å². The minimum Gasteiger partial charge on any atom is -0.325 e. The summed E-state index contributed by atoms with van der Waals surface area (Å²) in [5.74, 6) is -0.165. The number of rotatable bonds is 2. The molecule has 0 aliphatic heterocycles. The maximum absolute atomic E-state index is 11.1. The van der Waals surface area contributed by atoms with Gasteiger partial charge in [-0.2, -0.15) is 0 Å². The lowest BCUT2D eigenvalue weighted by Crippen LogP contribution is -2.21. The topological polar surface area (TPSA) is 55.1 Å². The van der Waals surface area contributed by atoms with Gasteiger partial charge in [-0.25, -0.2) is 0 Å². The third kappa shape index (κ3) is 2.16. The van der Waals surface area contributed by atoms with E-state index >= 15 is 0 Å². The van der Waals surface area contributed by atoms with Crippen molar-refractivity contribution in [2.75, 3.05) is 11.9 Å². The summed E-state index contributed by atoms with van der Waals surface area (Å²) in [7, 11) is 0. The van der Waals surface area contributed by atoms with Crippen molar-refractivity contribution >= 4 is 33.0 Å². The number of carbonyl (C=O) groups excluding carboxylic acids is 1. The van der Waals surface area contributed by atoms with Crippen LogP contribution in [0.2, 0.25) is 0 Å². The van der Waals surface area contributed by atoms with Gasteiger partial charge in [-0.15, -0.1) is 11.3 Å². The first-order valence-electron chi connectivity index (χ1n) is 4.69. The van der Waals surface area contributed by atoms with Crippen molar-refractivity contribution in [1.29, 1.82) is 0 Å². The van der Waals surface area contributed by atoms with Crippen molar-refractivity contribution in [2.24, 2.45) is 5.73 Å². The minimum atomic E-state index is -0.165. The predicted octanol–water partition coefficient (Wildman–Crippen LogP) is 2.11. The number of nitrogens with two attached hydrogens (primary N) is 1. The molecule has 3 nitrogen and oxygen atoms in total. The van der Waals surface area contributed by atoms with Crippen LogP contribution in [0.4, 0.5) is 5.69 Å². The number of amides is 1. The third-order valence-electron chi connectivity index (χ3n) is 2.11. The van der Waals surface area contributed by atoms with Gasteiger partial charge in [0.1, 0.15) is 0 Å². The average Bonchev–Trinajstić information content (AvgIpc) is 2.57. The summed E-state index contributed by atoms with van der Waals surface area (Å²) in [5, 5.41) is 3.89. The summed E-state index contributed by atoms with van der Waals surface area (Å²) in [6.07, 6.45) is 0. The number of fused-ring (bicyclic) bond motifs is 1. The highest BCUT2D eigenvalue weighted by Gasteiger charge is 2.02. The molecule has 15 heavy (non-hydrogen) atoms. The van der Waals surface area contributed by atoms with Crippen molar-refractivity contribution in [3.05, 3.63) is 29.1 Å². The van der Waals surface area contributed by atoms with Crippen LogP contribution in [0.25, 0.3) is 10.1 Å². The van der Waals surface area contributed by atoms with E-state index in [2.05, 4.69) is 18.3 Å².